The summed E-state index contributed by atoms with van der Waals surface area (Å²) < 4.78 is 2.11. The number of aromatic nitrogens is 2. The Hall–Kier alpha value is -3.50. The number of anilines is 1. The molecule has 1 aliphatic heterocycles. The van der Waals surface area contributed by atoms with Gasteiger partial charge in [0, 0.05) is 55.0 Å². The SMILES string of the molecule is N#Cc1cnccc1NC(=O)C(=O)c1c2n(c3ccccc13)CCNCC2. The standard InChI is InChI=1S/C20H17N5O2/c21-11-13-12-23-7-5-15(13)24-20(27)19(26)18-14-3-1-2-4-16(14)25-10-9-22-8-6-17(18)25/h1-5,7,12,22H,6,8-10H2,(H,23,24,27). The van der Waals surface area contributed by atoms with E-state index in [2.05, 4.69) is 20.2 Å². The summed E-state index contributed by atoms with van der Waals surface area (Å²) >= 11 is 0. The number of carbonyl (C=O) groups is 2. The van der Waals surface area contributed by atoms with E-state index in [0.29, 0.717) is 12.0 Å². The first kappa shape index (κ1) is 16.9. The van der Waals surface area contributed by atoms with Crippen LogP contribution in [0.2, 0.25) is 0 Å². The Labute approximate surface area is 155 Å². The van der Waals surface area contributed by atoms with E-state index in [0.717, 1.165) is 36.2 Å². The Morgan fingerprint density at radius 3 is 2.93 bits per heavy atom. The normalized spacial score (nSPS) is 13.4. The first-order valence-electron chi connectivity index (χ1n) is 8.71. The summed E-state index contributed by atoms with van der Waals surface area (Å²) in [5, 5.41) is 15.8. The zero-order chi connectivity index (χ0) is 18.8. The second kappa shape index (κ2) is 7.02. The van der Waals surface area contributed by atoms with Crippen LogP contribution in [-0.2, 0) is 17.8 Å². The number of rotatable bonds is 3. The average molecular weight is 359 g/mol. The van der Waals surface area contributed by atoms with E-state index >= 15 is 0 Å². The highest BCUT2D eigenvalue weighted by Gasteiger charge is 2.27. The molecule has 7 nitrogen and oxygen atoms in total. The molecule has 0 saturated carbocycles. The van der Waals surface area contributed by atoms with Gasteiger partial charge in [0.05, 0.1) is 16.8 Å². The van der Waals surface area contributed by atoms with E-state index in [1.807, 2.05) is 30.3 Å². The van der Waals surface area contributed by atoms with Gasteiger partial charge in [0.2, 0.25) is 0 Å². The molecule has 134 valence electrons. The predicted octanol–water partition coefficient (Wildman–Crippen LogP) is 1.88. The lowest BCUT2D eigenvalue weighted by Crippen LogP contribution is -2.24. The van der Waals surface area contributed by atoms with Crippen molar-refractivity contribution < 1.29 is 9.59 Å². The lowest BCUT2D eigenvalue weighted by molar-refractivity contribution is -0.112. The number of amides is 1. The van der Waals surface area contributed by atoms with Crippen LogP contribution in [0.5, 0.6) is 0 Å². The molecule has 0 unspecified atom stereocenters. The van der Waals surface area contributed by atoms with Gasteiger partial charge in [-0.1, -0.05) is 18.2 Å². The fourth-order valence-corrected chi connectivity index (χ4v) is 3.53. The molecule has 1 aromatic carbocycles. The van der Waals surface area contributed by atoms with Crippen molar-refractivity contribution in [3.63, 3.8) is 0 Å². The number of para-hydroxylation sites is 1. The number of nitrogens with zero attached hydrogens (tertiary/aromatic N) is 3. The molecule has 0 spiro atoms. The zero-order valence-electron chi connectivity index (χ0n) is 14.5. The van der Waals surface area contributed by atoms with Crippen molar-refractivity contribution in [1.82, 2.24) is 14.9 Å². The number of nitriles is 1. The molecule has 27 heavy (non-hydrogen) atoms. The number of nitrogens with one attached hydrogen (secondary N) is 2. The number of fused-ring (bicyclic) bond motifs is 3. The molecule has 0 radical (unpaired) electrons. The second-order valence-corrected chi connectivity index (χ2v) is 6.31. The molecule has 1 aliphatic rings. The van der Waals surface area contributed by atoms with Gasteiger partial charge >= 0.3 is 0 Å². The summed E-state index contributed by atoms with van der Waals surface area (Å²) in [4.78, 5) is 29.6. The summed E-state index contributed by atoms with van der Waals surface area (Å²) in [7, 11) is 0. The third-order valence-corrected chi connectivity index (χ3v) is 4.75. The predicted molar refractivity (Wildman–Crippen MR) is 100 cm³/mol. The zero-order valence-corrected chi connectivity index (χ0v) is 14.5. The van der Waals surface area contributed by atoms with Gasteiger partial charge in [-0.25, -0.2) is 0 Å². The van der Waals surface area contributed by atoms with E-state index in [1.165, 1.54) is 18.5 Å². The molecule has 0 aliphatic carbocycles. The van der Waals surface area contributed by atoms with Gasteiger partial charge in [0.25, 0.3) is 11.7 Å². The first-order valence-corrected chi connectivity index (χ1v) is 8.71. The highest BCUT2D eigenvalue weighted by Crippen LogP contribution is 2.28. The fraction of sp³-hybridized carbons (Fsp3) is 0.200. The van der Waals surface area contributed by atoms with Gasteiger partial charge in [-0.15, -0.1) is 0 Å². The smallest absolute Gasteiger partial charge is 0.296 e. The second-order valence-electron chi connectivity index (χ2n) is 6.31. The Morgan fingerprint density at radius 1 is 1.22 bits per heavy atom. The minimum Gasteiger partial charge on any atom is -0.343 e. The molecule has 4 rings (SSSR count). The van der Waals surface area contributed by atoms with E-state index in [-0.39, 0.29) is 11.3 Å². The van der Waals surface area contributed by atoms with Gasteiger partial charge in [-0.3, -0.25) is 14.6 Å². The summed E-state index contributed by atoms with van der Waals surface area (Å²) in [6.45, 7) is 2.31. The number of hydrogen-bond acceptors (Lipinski definition) is 5. The third kappa shape index (κ3) is 2.96. The molecule has 2 N–H and O–H groups in total. The van der Waals surface area contributed by atoms with Crippen molar-refractivity contribution in [3.8, 4) is 6.07 Å². The van der Waals surface area contributed by atoms with Crippen molar-refractivity contribution in [1.29, 1.82) is 5.26 Å². The number of benzene rings is 1. The van der Waals surface area contributed by atoms with E-state index in [4.69, 9.17) is 5.26 Å². The maximum atomic E-state index is 13.1. The third-order valence-electron chi connectivity index (χ3n) is 4.75. The van der Waals surface area contributed by atoms with Crippen LogP contribution >= 0.6 is 0 Å². The monoisotopic (exact) mass is 359 g/mol. The van der Waals surface area contributed by atoms with E-state index in [9.17, 15) is 9.59 Å². The highest BCUT2D eigenvalue weighted by molar-refractivity contribution is 6.48. The summed E-state index contributed by atoms with van der Waals surface area (Å²) in [6.07, 6.45) is 3.49. The largest absolute Gasteiger partial charge is 0.343 e. The molecule has 0 fully saturated rings. The Bertz CT molecular complexity index is 1090. The fourth-order valence-electron chi connectivity index (χ4n) is 3.53. The summed E-state index contributed by atoms with van der Waals surface area (Å²) in [5.41, 5.74) is 2.76. The summed E-state index contributed by atoms with van der Waals surface area (Å²) in [5.74, 6) is -1.35. The lowest BCUT2D eigenvalue weighted by Gasteiger charge is -2.08. The Balaban J connectivity index is 1.76. The van der Waals surface area contributed by atoms with Crippen LogP contribution in [0.3, 0.4) is 0 Å². The van der Waals surface area contributed by atoms with Crippen molar-refractivity contribution in [3.05, 3.63) is 59.5 Å². The maximum Gasteiger partial charge on any atom is 0.296 e. The maximum absolute atomic E-state index is 13.1. The molecule has 1 amide bonds. The lowest BCUT2D eigenvalue weighted by atomic mass is 10.0. The van der Waals surface area contributed by atoms with Crippen molar-refractivity contribution in [2.24, 2.45) is 0 Å². The minimum absolute atomic E-state index is 0.211. The molecular weight excluding hydrogens is 342 g/mol. The van der Waals surface area contributed by atoms with Gasteiger partial charge in [0.15, 0.2) is 0 Å². The Kier molecular flexibility index (Phi) is 4.40. The minimum atomic E-state index is -0.756. The molecule has 0 atom stereocenters. The number of ketones is 1. The molecular formula is C20H17N5O2. The molecule has 7 heteroatoms. The quantitative estimate of drug-likeness (QED) is 0.549. The van der Waals surface area contributed by atoms with Gasteiger partial charge in [0.1, 0.15) is 6.07 Å². The average Bonchev–Trinajstić information content (AvgIpc) is 2.83. The van der Waals surface area contributed by atoms with Crippen LogP contribution in [0, 0.1) is 11.3 Å². The van der Waals surface area contributed by atoms with Gasteiger partial charge < -0.3 is 15.2 Å². The van der Waals surface area contributed by atoms with Crippen LogP contribution in [-0.4, -0.2) is 34.3 Å². The van der Waals surface area contributed by atoms with Crippen LogP contribution < -0.4 is 10.6 Å². The van der Waals surface area contributed by atoms with Gasteiger partial charge in [-0.05, 0) is 12.1 Å². The molecule has 3 aromatic rings. The van der Waals surface area contributed by atoms with E-state index < -0.39 is 11.7 Å². The first-order chi connectivity index (χ1) is 13.2. The van der Waals surface area contributed by atoms with Crippen LogP contribution in [0.4, 0.5) is 5.69 Å². The van der Waals surface area contributed by atoms with Gasteiger partial charge in [-0.2, -0.15) is 5.26 Å². The number of hydrogen-bond donors (Lipinski definition) is 2. The van der Waals surface area contributed by atoms with Crippen molar-refractivity contribution in [2.45, 2.75) is 13.0 Å². The van der Waals surface area contributed by atoms with Crippen LogP contribution in [0.1, 0.15) is 21.6 Å². The Morgan fingerprint density at radius 2 is 2.07 bits per heavy atom. The van der Waals surface area contributed by atoms with Crippen LogP contribution in [0.15, 0.2) is 42.7 Å². The van der Waals surface area contributed by atoms with Crippen molar-refractivity contribution in [2.75, 3.05) is 18.4 Å². The molecule has 0 saturated heterocycles. The topological polar surface area (TPSA) is 99.8 Å². The summed E-state index contributed by atoms with van der Waals surface area (Å²) in [6, 6.07) is 11.1. The number of pyridine rings is 1. The van der Waals surface area contributed by atoms with Crippen LogP contribution in [0.25, 0.3) is 10.9 Å². The number of carbonyl (C=O) groups excluding carboxylic acids is 2. The molecule has 3 heterocycles. The molecule has 0 bridgehead atoms. The van der Waals surface area contributed by atoms with E-state index in [1.54, 1.807) is 0 Å². The van der Waals surface area contributed by atoms with Crippen molar-refractivity contribution >= 4 is 28.3 Å². The highest BCUT2D eigenvalue weighted by atomic mass is 16.2. The molecule has 2 aromatic heterocycles. The number of Topliss-reactive ketones (excluding diaryl/α,β-unsaturated/α-hetero) is 1.